The molecule has 2 aromatic rings. The number of para-hydroxylation sites is 1. The molecular weight excluding hydrogens is 396 g/mol. The molecule has 2 N–H and O–H groups in total. The summed E-state index contributed by atoms with van der Waals surface area (Å²) >= 11 is 0. The van der Waals surface area contributed by atoms with Gasteiger partial charge in [-0.05, 0) is 77.9 Å². The molecule has 5 rings (SSSR count). The van der Waals surface area contributed by atoms with E-state index in [4.69, 9.17) is 4.98 Å². The van der Waals surface area contributed by atoms with Gasteiger partial charge in [-0.2, -0.15) is 0 Å². The van der Waals surface area contributed by atoms with Crippen molar-refractivity contribution in [1.82, 2.24) is 14.8 Å². The minimum absolute atomic E-state index is 0.170. The lowest BCUT2D eigenvalue weighted by atomic mass is 9.91. The van der Waals surface area contributed by atoms with Crippen LogP contribution in [0.15, 0.2) is 36.5 Å². The number of pyridine rings is 1. The number of rotatable bonds is 3. The third kappa shape index (κ3) is 3.73. The number of fused-ring (bicyclic) bond motifs is 1. The molecule has 6 nitrogen and oxygen atoms in total. The lowest BCUT2D eigenvalue weighted by molar-refractivity contribution is 0.104. The van der Waals surface area contributed by atoms with Crippen molar-refractivity contribution in [2.24, 2.45) is 0 Å². The number of aryl methyl sites for hydroxylation is 1. The summed E-state index contributed by atoms with van der Waals surface area (Å²) < 4.78 is 0. The molecule has 1 aromatic heterocycles. The maximum absolute atomic E-state index is 4.75. The van der Waals surface area contributed by atoms with Crippen LogP contribution in [0.5, 0.6) is 0 Å². The normalized spacial score (nSPS) is 28.2. The highest BCUT2D eigenvalue weighted by molar-refractivity contribution is 5.87. The van der Waals surface area contributed by atoms with Crippen molar-refractivity contribution in [1.29, 1.82) is 0 Å². The molecule has 4 heterocycles. The van der Waals surface area contributed by atoms with E-state index in [-0.39, 0.29) is 11.7 Å². The predicted octanol–water partition coefficient (Wildman–Crippen LogP) is 4.31. The fraction of sp³-hybridized carbons (Fsp3) is 0.577. The van der Waals surface area contributed by atoms with E-state index in [1.807, 2.05) is 12.3 Å². The molecule has 172 valence electrons. The number of hydrogen-bond donors (Lipinski definition) is 2. The third-order valence-corrected chi connectivity index (χ3v) is 8.05. The van der Waals surface area contributed by atoms with Crippen molar-refractivity contribution in [3.05, 3.63) is 47.8 Å². The van der Waals surface area contributed by atoms with E-state index in [1.54, 1.807) is 0 Å². The molecule has 0 radical (unpaired) electrons. The molecule has 3 unspecified atom stereocenters. The van der Waals surface area contributed by atoms with E-state index < -0.39 is 0 Å². The maximum Gasteiger partial charge on any atom is 0.113 e. The number of nitrogens with one attached hydrogen (secondary N) is 2. The first-order valence-corrected chi connectivity index (χ1v) is 12.1. The molecule has 2 fully saturated rings. The highest BCUT2D eigenvalue weighted by Gasteiger charge is 2.39. The molecule has 3 atom stereocenters. The van der Waals surface area contributed by atoms with E-state index in [1.165, 1.54) is 47.6 Å². The monoisotopic (exact) mass is 434 g/mol. The molecule has 3 aliphatic rings. The minimum atomic E-state index is 0.170. The Morgan fingerprint density at radius 3 is 2.66 bits per heavy atom. The van der Waals surface area contributed by atoms with Crippen molar-refractivity contribution in [2.45, 2.75) is 63.8 Å². The molecule has 6 heteroatoms. The quantitative estimate of drug-likeness (QED) is 0.751. The van der Waals surface area contributed by atoms with Crippen molar-refractivity contribution in [2.75, 3.05) is 49.3 Å². The van der Waals surface area contributed by atoms with Gasteiger partial charge >= 0.3 is 0 Å². The Balaban J connectivity index is 1.36. The summed E-state index contributed by atoms with van der Waals surface area (Å²) in [5.41, 5.74) is 6.52. The number of benzene rings is 1. The highest BCUT2D eigenvalue weighted by atomic mass is 15.3. The van der Waals surface area contributed by atoms with Crippen LogP contribution in [-0.4, -0.2) is 66.3 Å². The van der Waals surface area contributed by atoms with E-state index in [0.29, 0.717) is 12.1 Å². The minimum Gasteiger partial charge on any atom is -0.367 e. The van der Waals surface area contributed by atoms with Gasteiger partial charge in [-0.25, -0.2) is 0 Å². The molecule has 0 aliphatic carbocycles. The van der Waals surface area contributed by atoms with E-state index in [9.17, 15) is 0 Å². The lowest BCUT2D eigenvalue weighted by Crippen LogP contribution is -2.57. The van der Waals surface area contributed by atoms with Gasteiger partial charge in [-0.1, -0.05) is 12.1 Å². The molecule has 0 spiro atoms. The van der Waals surface area contributed by atoms with Crippen LogP contribution in [0, 0.1) is 6.92 Å². The highest BCUT2D eigenvalue weighted by Crippen LogP contribution is 2.43. The summed E-state index contributed by atoms with van der Waals surface area (Å²) in [4.78, 5) is 12.3. The largest absolute Gasteiger partial charge is 0.367 e. The number of hydrogen-bond acceptors (Lipinski definition) is 6. The van der Waals surface area contributed by atoms with Gasteiger partial charge in [0.1, 0.15) is 6.17 Å². The van der Waals surface area contributed by atoms with Crippen LogP contribution in [0.1, 0.15) is 50.4 Å². The zero-order valence-electron chi connectivity index (χ0n) is 20.2. The second-order valence-corrected chi connectivity index (χ2v) is 10.5. The van der Waals surface area contributed by atoms with Crippen LogP contribution in [0.2, 0.25) is 0 Å². The van der Waals surface area contributed by atoms with Crippen molar-refractivity contribution < 1.29 is 0 Å². The van der Waals surface area contributed by atoms with Crippen molar-refractivity contribution in [3.63, 3.8) is 0 Å². The third-order valence-electron chi connectivity index (χ3n) is 8.05. The Morgan fingerprint density at radius 1 is 1.03 bits per heavy atom. The van der Waals surface area contributed by atoms with E-state index >= 15 is 0 Å². The van der Waals surface area contributed by atoms with Gasteiger partial charge in [-0.3, -0.25) is 14.8 Å². The Hall–Kier alpha value is -2.31. The Kier molecular flexibility index (Phi) is 5.54. The predicted molar refractivity (Wildman–Crippen MR) is 134 cm³/mol. The van der Waals surface area contributed by atoms with Crippen LogP contribution in [0.4, 0.5) is 17.1 Å². The van der Waals surface area contributed by atoms with Gasteiger partial charge in [-0.15, -0.1) is 0 Å². The number of piperidine rings is 1. The van der Waals surface area contributed by atoms with Gasteiger partial charge in [0.25, 0.3) is 0 Å². The summed E-state index contributed by atoms with van der Waals surface area (Å²) in [6.07, 6.45) is 5.74. The fourth-order valence-electron chi connectivity index (χ4n) is 5.81. The van der Waals surface area contributed by atoms with Crippen LogP contribution in [-0.2, 0) is 0 Å². The molecule has 1 aromatic carbocycles. The number of aromatic nitrogens is 1. The summed E-state index contributed by atoms with van der Waals surface area (Å²) in [6.45, 7) is 10.1. The fourth-order valence-corrected chi connectivity index (χ4v) is 5.81. The molecule has 3 aliphatic heterocycles. The van der Waals surface area contributed by atoms with Crippen molar-refractivity contribution >= 4 is 17.1 Å². The molecule has 0 bridgehead atoms. The van der Waals surface area contributed by atoms with Crippen molar-refractivity contribution in [3.8, 4) is 0 Å². The van der Waals surface area contributed by atoms with Gasteiger partial charge in [0, 0.05) is 37.4 Å². The number of likely N-dealkylation sites (N-methyl/N-ethyl adjacent to an activating group) is 2. The second-order valence-electron chi connectivity index (χ2n) is 10.5. The Bertz CT molecular complexity index is 973. The van der Waals surface area contributed by atoms with Crippen LogP contribution < -0.4 is 15.5 Å². The lowest BCUT2D eigenvalue weighted by Gasteiger charge is -2.46. The number of anilines is 3. The second kappa shape index (κ2) is 8.23. The van der Waals surface area contributed by atoms with Crippen LogP contribution >= 0.6 is 0 Å². The first-order valence-electron chi connectivity index (χ1n) is 12.1. The SMILES string of the molecule is Cc1cccnc1C1CCCC(C2Nc3cccc(N4CCN(C)C(C)(C)C4)c3N2)N1C. The smallest absolute Gasteiger partial charge is 0.113 e. The number of piperazine rings is 1. The maximum atomic E-state index is 4.75. The Morgan fingerprint density at radius 2 is 1.88 bits per heavy atom. The van der Waals surface area contributed by atoms with Gasteiger partial charge in [0.05, 0.1) is 28.8 Å². The Labute approximate surface area is 193 Å². The first-order chi connectivity index (χ1) is 15.3. The zero-order chi connectivity index (χ0) is 22.5. The van der Waals surface area contributed by atoms with E-state index in [2.05, 4.69) is 84.5 Å². The average molecular weight is 435 g/mol. The van der Waals surface area contributed by atoms with E-state index in [0.717, 1.165) is 19.6 Å². The zero-order valence-corrected chi connectivity index (χ0v) is 20.2. The molecule has 0 amide bonds. The van der Waals surface area contributed by atoms with Gasteiger partial charge < -0.3 is 15.5 Å². The summed E-state index contributed by atoms with van der Waals surface area (Å²) in [6, 6.07) is 11.7. The molecular formula is C26H38N6. The average Bonchev–Trinajstić information content (AvgIpc) is 3.20. The van der Waals surface area contributed by atoms with Gasteiger partial charge in [0.2, 0.25) is 0 Å². The topological polar surface area (TPSA) is 46.7 Å². The summed E-state index contributed by atoms with van der Waals surface area (Å²) in [7, 11) is 4.51. The van der Waals surface area contributed by atoms with Crippen LogP contribution in [0.25, 0.3) is 0 Å². The summed E-state index contributed by atoms with van der Waals surface area (Å²) in [5, 5.41) is 7.72. The van der Waals surface area contributed by atoms with Crippen LogP contribution in [0.3, 0.4) is 0 Å². The number of likely N-dealkylation sites (tertiary alicyclic amines) is 1. The standard InChI is InChI=1S/C26H38N6/c1-18-9-8-14-27-23(18)20-11-7-13-22(31(20)5)25-28-19-10-6-12-21(24(19)29-25)32-16-15-30(4)26(2,3)17-32/h6,8-10,12,14,20,22,25,28-29H,7,11,13,15-17H2,1-5H3. The molecule has 32 heavy (non-hydrogen) atoms. The van der Waals surface area contributed by atoms with Gasteiger partial charge in [0.15, 0.2) is 0 Å². The first kappa shape index (κ1) is 21.5. The summed E-state index contributed by atoms with van der Waals surface area (Å²) in [5.74, 6) is 0. The molecule has 2 saturated heterocycles. The molecule has 0 saturated carbocycles. The number of nitrogens with zero attached hydrogens (tertiary/aromatic N) is 4.